The van der Waals surface area contributed by atoms with Gasteiger partial charge in [-0.15, -0.1) is 5.01 Å². The predicted octanol–water partition coefficient (Wildman–Crippen LogP) is 5.06. The molecule has 0 fully saturated rings. The van der Waals surface area contributed by atoms with Crippen LogP contribution in [0, 0.1) is 26.2 Å². The minimum absolute atomic E-state index is 0.0117. The van der Waals surface area contributed by atoms with E-state index in [0.29, 0.717) is 16.3 Å². The first-order valence-corrected chi connectivity index (χ1v) is 12.8. The molecule has 11 nitrogen and oxygen atoms in total. The van der Waals surface area contributed by atoms with E-state index in [1.807, 2.05) is 6.07 Å². The van der Waals surface area contributed by atoms with Gasteiger partial charge >= 0.3 is 24.3 Å². The topological polar surface area (TPSA) is 140 Å². The molecule has 41 heavy (non-hydrogen) atoms. The summed E-state index contributed by atoms with van der Waals surface area (Å²) in [6.07, 6.45) is -3.94. The van der Waals surface area contributed by atoms with E-state index in [1.54, 1.807) is 59.7 Å². The highest BCUT2D eigenvalue weighted by atomic mass is 16.7. The van der Waals surface area contributed by atoms with Crippen molar-refractivity contribution in [2.75, 3.05) is 7.11 Å². The molecule has 1 atom stereocenters. The number of aliphatic carboxylic acids is 1. The van der Waals surface area contributed by atoms with E-state index in [9.17, 15) is 29.1 Å². The number of carbonyl (C=O) groups excluding carboxylic acids is 4. The molecule has 0 aliphatic carbocycles. The first-order chi connectivity index (χ1) is 18.8. The number of hydrogen-bond donors (Lipinski definition) is 1. The number of imide groups is 1. The molecule has 222 valence electrons. The summed E-state index contributed by atoms with van der Waals surface area (Å²) in [6.45, 7) is 14.4. The van der Waals surface area contributed by atoms with Crippen LogP contribution in [0.1, 0.15) is 78.9 Å². The molecule has 1 unspecified atom stereocenters. The quantitative estimate of drug-likeness (QED) is 0.287. The van der Waals surface area contributed by atoms with Gasteiger partial charge in [0.25, 0.3) is 11.8 Å². The molecule has 0 heterocycles. The maximum Gasteiger partial charge on any atom is 0.440 e. The van der Waals surface area contributed by atoms with Crippen molar-refractivity contribution < 1.29 is 43.3 Å². The number of carboxylic acid groups (broad SMARTS) is 1. The summed E-state index contributed by atoms with van der Waals surface area (Å²) < 4.78 is 15.3. The third-order valence-electron chi connectivity index (χ3n) is 5.83. The highest BCUT2D eigenvalue weighted by molar-refractivity contribution is 6.07. The number of nitrogens with zero attached hydrogens (tertiary/aromatic N) is 2. The second kappa shape index (κ2) is 12.4. The van der Waals surface area contributed by atoms with Gasteiger partial charge < -0.3 is 19.3 Å². The minimum Gasteiger partial charge on any atom is -0.496 e. The molecule has 2 aromatic rings. The zero-order valence-corrected chi connectivity index (χ0v) is 25.1. The van der Waals surface area contributed by atoms with Gasteiger partial charge in [0.15, 0.2) is 0 Å². The fourth-order valence-electron chi connectivity index (χ4n) is 3.89. The Morgan fingerprint density at radius 1 is 0.829 bits per heavy atom. The molecule has 0 radical (unpaired) electrons. The Morgan fingerprint density at radius 2 is 1.39 bits per heavy atom. The lowest BCUT2D eigenvalue weighted by molar-refractivity contribution is -0.195. The van der Waals surface area contributed by atoms with Crippen molar-refractivity contribution in [1.82, 2.24) is 10.0 Å². The first-order valence-electron chi connectivity index (χ1n) is 12.8. The van der Waals surface area contributed by atoms with Crippen LogP contribution in [0.4, 0.5) is 4.79 Å². The molecule has 2 rings (SSSR count). The van der Waals surface area contributed by atoms with Crippen molar-refractivity contribution in [2.45, 2.75) is 74.1 Å². The Hall–Kier alpha value is -4.41. The highest BCUT2D eigenvalue weighted by Crippen LogP contribution is 2.28. The van der Waals surface area contributed by atoms with E-state index < -0.39 is 47.1 Å². The average molecular weight is 571 g/mol. The van der Waals surface area contributed by atoms with Crippen molar-refractivity contribution in [2.24, 2.45) is 5.41 Å². The summed E-state index contributed by atoms with van der Waals surface area (Å²) in [7, 11) is 1.41. The van der Waals surface area contributed by atoms with Crippen LogP contribution in [-0.2, 0) is 19.1 Å². The number of hydrogen-bond acceptors (Lipinski definition) is 8. The van der Waals surface area contributed by atoms with Crippen molar-refractivity contribution >= 4 is 29.8 Å². The molecule has 0 spiro atoms. The van der Waals surface area contributed by atoms with Gasteiger partial charge in [0.2, 0.25) is 0 Å². The number of aryl methyl sites for hydroxylation is 2. The molecule has 0 saturated carbocycles. The number of carbonyl (C=O) groups is 5. The van der Waals surface area contributed by atoms with Crippen LogP contribution < -0.4 is 4.74 Å². The lowest BCUT2D eigenvalue weighted by Gasteiger charge is -2.41. The van der Waals surface area contributed by atoms with Gasteiger partial charge in [-0.3, -0.25) is 14.4 Å². The summed E-state index contributed by atoms with van der Waals surface area (Å²) in [5.74, 6) is -4.13. The largest absolute Gasteiger partial charge is 0.496 e. The number of rotatable bonds is 6. The number of esters is 1. The fraction of sp³-hybridized carbons (Fsp3) is 0.433. The number of benzene rings is 2. The van der Waals surface area contributed by atoms with E-state index in [4.69, 9.17) is 14.2 Å². The molecule has 1 N–H and O–H groups in total. The Bertz CT molecular complexity index is 1330. The van der Waals surface area contributed by atoms with Crippen LogP contribution in [0.5, 0.6) is 5.75 Å². The third kappa shape index (κ3) is 7.84. The maximum absolute atomic E-state index is 14.1. The van der Waals surface area contributed by atoms with Crippen LogP contribution in [0.15, 0.2) is 36.4 Å². The number of amides is 3. The second-order valence-electron chi connectivity index (χ2n) is 11.6. The normalized spacial score (nSPS) is 12.1. The molecule has 0 aliphatic heterocycles. The molecule has 11 heteroatoms. The smallest absolute Gasteiger partial charge is 0.440 e. The molecular formula is C30H38N2O9. The van der Waals surface area contributed by atoms with Crippen LogP contribution in [0.25, 0.3) is 0 Å². The van der Waals surface area contributed by atoms with Crippen LogP contribution >= 0.6 is 0 Å². The van der Waals surface area contributed by atoms with Crippen LogP contribution in [0.3, 0.4) is 0 Å². The standard InChI is InChI=1S/C30H38N2O9/c1-17-14-18(2)16-20(15-17)23(33)32(30(7,8)9)31(24(34)21-12-11-13-22(39-10)19(21)3)28(38)41-26(25(35)36)40-27(37)29(4,5)6/h11-16,26H,1-10H3,(H,35,36). The lowest BCUT2D eigenvalue weighted by atomic mass is 9.97. The number of methoxy groups -OCH3 is 1. The fourth-order valence-corrected chi connectivity index (χ4v) is 3.89. The van der Waals surface area contributed by atoms with Crippen LogP contribution in [0.2, 0.25) is 0 Å². The summed E-state index contributed by atoms with van der Waals surface area (Å²) in [5.41, 5.74) is -0.264. The molecule has 0 aliphatic rings. The first kappa shape index (κ1) is 32.8. The zero-order chi connectivity index (χ0) is 31.4. The molecule has 2 aromatic carbocycles. The molecular weight excluding hydrogens is 532 g/mol. The SMILES string of the molecule is COc1cccc(C(=O)N(C(=O)OC(OC(=O)C(C)(C)C)C(=O)O)N(C(=O)c2cc(C)cc(C)c2)C(C)(C)C)c1C. The Labute approximate surface area is 239 Å². The van der Waals surface area contributed by atoms with Crippen molar-refractivity contribution in [1.29, 1.82) is 0 Å². The van der Waals surface area contributed by atoms with Crippen molar-refractivity contribution in [3.8, 4) is 5.75 Å². The third-order valence-corrected chi connectivity index (χ3v) is 5.83. The van der Waals surface area contributed by atoms with Gasteiger partial charge in [-0.2, -0.15) is 0 Å². The van der Waals surface area contributed by atoms with Gasteiger partial charge in [-0.25, -0.2) is 14.6 Å². The Kier molecular flexibility index (Phi) is 9.92. The predicted molar refractivity (Wildman–Crippen MR) is 149 cm³/mol. The zero-order valence-electron chi connectivity index (χ0n) is 25.1. The molecule has 3 amide bonds. The summed E-state index contributed by atoms with van der Waals surface area (Å²) in [4.78, 5) is 66.2. The van der Waals surface area contributed by atoms with Crippen molar-refractivity contribution in [3.63, 3.8) is 0 Å². The highest BCUT2D eigenvalue weighted by Gasteiger charge is 2.44. The monoisotopic (exact) mass is 570 g/mol. The number of carboxylic acids is 1. The van der Waals surface area contributed by atoms with E-state index in [-0.39, 0.29) is 11.1 Å². The Morgan fingerprint density at radius 3 is 1.85 bits per heavy atom. The summed E-state index contributed by atoms with van der Waals surface area (Å²) in [6, 6.07) is 9.63. The maximum atomic E-state index is 14.1. The minimum atomic E-state index is -2.39. The summed E-state index contributed by atoms with van der Waals surface area (Å²) >= 11 is 0. The van der Waals surface area contributed by atoms with Gasteiger partial charge in [0, 0.05) is 16.7 Å². The lowest BCUT2D eigenvalue weighted by Crippen LogP contribution is -2.61. The van der Waals surface area contributed by atoms with Gasteiger partial charge in [-0.1, -0.05) is 23.3 Å². The van der Waals surface area contributed by atoms with Gasteiger partial charge in [0.1, 0.15) is 5.75 Å². The molecule has 0 bridgehead atoms. The van der Waals surface area contributed by atoms with E-state index >= 15 is 0 Å². The van der Waals surface area contributed by atoms with Crippen molar-refractivity contribution in [3.05, 3.63) is 64.2 Å². The number of hydrazine groups is 1. The second-order valence-corrected chi connectivity index (χ2v) is 11.6. The summed E-state index contributed by atoms with van der Waals surface area (Å²) in [5, 5.41) is 11.0. The Balaban J connectivity index is 2.74. The van der Waals surface area contributed by atoms with E-state index in [1.165, 1.54) is 40.0 Å². The molecule has 0 saturated heterocycles. The molecule has 0 aromatic heterocycles. The number of ether oxygens (including phenoxy) is 3. The van der Waals surface area contributed by atoms with E-state index in [2.05, 4.69) is 0 Å². The average Bonchev–Trinajstić information content (AvgIpc) is 2.84. The van der Waals surface area contributed by atoms with Gasteiger partial charge in [0.05, 0.1) is 18.1 Å². The van der Waals surface area contributed by atoms with E-state index in [0.717, 1.165) is 16.1 Å². The van der Waals surface area contributed by atoms with Crippen LogP contribution in [-0.4, -0.2) is 63.9 Å². The van der Waals surface area contributed by atoms with Gasteiger partial charge in [-0.05, 0) is 86.6 Å².